The Balaban J connectivity index is 1.32. The highest BCUT2D eigenvalue weighted by Crippen LogP contribution is 2.28. The van der Waals surface area contributed by atoms with Crippen LogP contribution in [0.2, 0.25) is 0 Å². The van der Waals surface area contributed by atoms with Gasteiger partial charge >= 0.3 is 0 Å². The largest absolute Gasteiger partial charge is 0.381 e. The van der Waals surface area contributed by atoms with Gasteiger partial charge in [0.25, 0.3) is 0 Å². The zero-order chi connectivity index (χ0) is 19.8. The number of fused-ring (bicyclic) bond motifs is 1. The van der Waals surface area contributed by atoms with Crippen LogP contribution in [0.15, 0.2) is 24.5 Å². The maximum atomic E-state index is 5.49. The molecule has 5 heterocycles. The van der Waals surface area contributed by atoms with E-state index in [0.29, 0.717) is 5.92 Å². The van der Waals surface area contributed by atoms with Gasteiger partial charge in [-0.05, 0) is 26.7 Å². The molecule has 2 aliphatic heterocycles. The Bertz CT molecular complexity index is 1000. The fourth-order valence-electron chi connectivity index (χ4n) is 4.34. The van der Waals surface area contributed by atoms with E-state index in [4.69, 9.17) is 4.74 Å². The van der Waals surface area contributed by atoms with Crippen molar-refractivity contribution in [2.24, 2.45) is 0 Å². The monoisotopic (exact) mass is 393 g/mol. The summed E-state index contributed by atoms with van der Waals surface area (Å²) in [5.74, 6) is 2.64. The summed E-state index contributed by atoms with van der Waals surface area (Å²) in [7, 11) is 0. The van der Waals surface area contributed by atoms with Crippen LogP contribution in [0.4, 0.5) is 11.6 Å². The van der Waals surface area contributed by atoms with E-state index in [9.17, 15) is 0 Å². The molecule has 0 aliphatic carbocycles. The lowest BCUT2D eigenvalue weighted by Crippen LogP contribution is -2.47. The second kappa shape index (κ2) is 7.59. The fraction of sp³-hybridized carbons (Fsp3) is 0.524. The molecule has 3 aromatic rings. The summed E-state index contributed by atoms with van der Waals surface area (Å²) in [4.78, 5) is 18.5. The van der Waals surface area contributed by atoms with Crippen LogP contribution in [0.25, 0.3) is 5.65 Å². The summed E-state index contributed by atoms with van der Waals surface area (Å²) < 4.78 is 7.46. The van der Waals surface area contributed by atoms with Gasteiger partial charge in [-0.25, -0.2) is 15.0 Å². The topological polar surface area (TPSA) is 71.7 Å². The number of aryl methyl sites for hydroxylation is 2. The Morgan fingerprint density at radius 3 is 2.45 bits per heavy atom. The minimum Gasteiger partial charge on any atom is -0.381 e. The second-order valence-corrected chi connectivity index (χ2v) is 7.97. The Labute approximate surface area is 170 Å². The highest BCUT2D eigenvalue weighted by atomic mass is 16.5. The van der Waals surface area contributed by atoms with E-state index in [0.717, 1.165) is 86.6 Å². The van der Waals surface area contributed by atoms with Crippen molar-refractivity contribution in [3.8, 4) is 0 Å². The second-order valence-electron chi connectivity index (χ2n) is 7.97. The van der Waals surface area contributed by atoms with Crippen molar-refractivity contribution < 1.29 is 4.74 Å². The predicted octanol–water partition coefficient (Wildman–Crippen LogP) is 2.36. The number of ether oxygens (including phenoxy) is 1. The average molecular weight is 393 g/mol. The van der Waals surface area contributed by atoms with E-state index < -0.39 is 0 Å². The van der Waals surface area contributed by atoms with Crippen molar-refractivity contribution in [3.05, 3.63) is 41.6 Å². The quantitative estimate of drug-likeness (QED) is 0.676. The molecular formula is C21H27N7O. The number of rotatable bonds is 3. The molecule has 2 saturated heterocycles. The minimum atomic E-state index is 0.489. The number of hydrogen-bond acceptors (Lipinski definition) is 7. The molecule has 0 N–H and O–H groups in total. The standard InChI is InChI=1S/C21H27N7O/c1-15-12-21(28-20(24-15)11-16(2)25-28)27-7-5-26(6-8-27)19-13-18(22-14-23-19)17-3-9-29-10-4-17/h11-14,17H,3-10H2,1-2H3. The fourth-order valence-corrected chi connectivity index (χ4v) is 4.34. The van der Waals surface area contributed by atoms with Crippen molar-refractivity contribution in [3.63, 3.8) is 0 Å². The Hall–Kier alpha value is -2.74. The number of nitrogens with zero attached hydrogens (tertiary/aromatic N) is 7. The molecule has 0 bridgehead atoms. The van der Waals surface area contributed by atoms with E-state index in [1.54, 1.807) is 6.33 Å². The smallest absolute Gasteiger partial charge is 0.157 e. The van der Waals surface area contributed by atoms with Crippen LogP contribution in [0.1, 0.15) is 35.8 Å². The molecule has 2 aliphatic rings. The van der Waals surface area contributed by atoms with E-state index in [-0.39, 0.29) is 0 Å². The van der Waals surface area contributed by atoms with Gasteiger partial charge in [-0.2, -0.15) is 9.61 Å². The van der Waals surface area contributed by atoms with Crippen LogP contribution in [-0.2, 0) is 4.74 Å². The maximum absolute atomic E-state index is 5.49. The SMILES string of the molecule is Cc1cc(N2CCN(c3cc(C4CCOCC4)ncn3)CC2)n2nc(C)cc2n1. The molecule has 152 valence electrons. The first-order valence-electron chi connectivity index (χ1n) is 10.4. The first kappa shape index (κ1) is 18.3. The van der Waals surface area contributed by atoms with Gasteiger partial charge in [0, 0.05) is 74.9 Å². The summed E-state index contributed by atoms with van der Waals surface area (Å²) in [5, 5.41) is 4.64. The molecule has 2 fully saturated rings. The van der Waals surface area contributed by atoms with Crippen molar-refractivity contribution in [1.29, 1.82) is 0 Å². The Morgan fingerprint density at radius 2 is 1.66 bits per heavy atom. The number of hydrogen-bond donors (Lipinski definition) is 0. The van der Waals surface area contributed by atoms with E-state index in [2.05, 4.69) is 42.0 Å². The summed E-state index contributed by atoms with van der Waals surface area (Å²) >= 11 is 0. The van der Waals surface area contributed by atoms with E-state index >= 15 is 0 Å². The van der Waals surface area contributed by atoms with Crippen LogP contribution in [-0.4, -0.2) is 64.0 Å². The van der Waals surface area contributed by atoms with Crippen LogP contribution in [0.3, 0.4) is 0 Å². The molecule has 0 saturated carbocycles. The third-order valence-corrected chi connectivity index (χ3v) is 5.90. The molecule has 0 amide bonds. The molecule has 0 aromatic carbocycles. The molecule has 0 unspecified atom stereocenters. The summed E-state index contributed by atoms with van der Waals surface area (Å²) in [6.07, 6.45) is 3.81. The third kappa shape index (κ3) is 3.64. The summed E-state index contributed by atoms with van der Waals surface area (Å²) in [6.45, 7) is 9.41. The predicted molar refractivity (Wildman–Crippen MR) is 112 cm³/mol. The highest BCUT2D eigenvalue weighted by Gasteiger charge is 2.23. The van der Waals surface area contributed by atoms with Crippen LogP contribution in [0, 0.1) is 13.8 Å². The van der Waals surface area contributed by atoms with Gasteiger partial charge in [-0.3, -0.25) is 0 Å². The van der Waals surface area contributed by atoms with Crippen LogP contribution in [0.5, 0.6) is 0 Å². The molecule has 8 nitrogen and oxygen atoms in total. The lowest BCUT2D eigenvalue weighted by Gasteiger charge is -2.36. The lowest BCUT2D eigenvalue weighted by atomic mass is 9.96. The zero-order valence-electron chi connectivity index (χ0n) is 17.1. The third-order valence-electron chi connectivity index (χ3n) is 5.90. The molecule has 29 heavy (non-hydrogen) atoms. The van der Waals surface area contributed by atoms with Gasteiger partial charge in [-0.1, -0.05) is 0 Å². The van der Waals surface area contributed by atoms with Crippen molar-refractivity contribution >= 4 is 17.3 Å². The van der Waals surface area contributed by atoms with Crippen molar-refractivity contribution in [2.75, 3.05) is 49.2 Å². The minimum absolute atomic E-state index is 0.489. The van der Waals surface area contributed by atoms with Crippen LogP contribution >= 0.6 is 0 Å². The molecule has 0 spiro atoms. The summed E-state index contributed by atoms with van der Waals surface area (Å²) in [6, 6.07) is 6.34. The van der Waals surface area contributed by atoms with Gasteiger partial charge in [-0.15, -0.1) is 0 Å². The first-order valence-corrected chi connectivity index (χ1v) is 10.4. The number of anilines is 2. The van der Waals surface area contributed by atoms with Crippen LogP contribution < -0.4 is 9.80 Å². The Morgan fingerprint density at radius 1 is 0.897 bits per heavy atom. The highest BCUT2D eigenvalue weighted by molar-refractivity contribution is 5.53. The van der Waals surface area contributed by atoms with Gasteiger partial charge in [0.15, 0.2) is 5.65 Å². The summed E-state index contributed by atoms with van der Waals surface area (Å²) in [5.41, 5.74) is 4.08. The van der Waals surface area contributed by atoms with Gasteiger partial charge < -0.3 is 14.5 Å². The van der Waals surface area contributed by atoms with Gasteiger partial charge in [0.2, 0.25) is 0 Å². The number of aromatic nitrogens is 5. The normalized spacial score (nSPS) is 18.6. The molecule has 8 heteroatoms. The molecular weight excluding hydrogens is 366 g/mol. The van der Waals surface area contributed by atoms with Crippen molar-refractivity contribution in [1.82, 2.24) is 24.6 Å². The molecule has 0 atom stereocenters. The van der Waals surface area contributed by atoms with E-state index in [1.807, 2.05) is 24.4 Å². The lowest BCUT2D eigenvalue weighted by molar-refractivity contribution is 0.0845. The molecule has 5 rings (SSSR count). The van der Waals surface area contributed by atoms with Gasteiger partial charge in [0.1, 0.15) is 18.0 Å². The van der Waals surface area contributed by atoms with Crippen molar-refractivity contribution in [2.45, 2.75) is 32.6 Å². The number of piperazine rings is 1. The average Bonchev–Trinajstić information content (AvgIpc) is 3.14. The van der Waals surface area contributed by atoms with Gasteiger partial charge in [0.05, 0.1) is 5.69 Å². The Kier molecular flexibility index (Phi) is 4.79. The molecule has 0 radical (unpaired) electrons. The zero-order valence-corrected chi connectivity index (χ0v) is 17.1. The van der Waals surface area contributed by atoms with E-state index in [1.165, 1.54) is 0 Å². The first-order chi connectivity index (χ1) is 14.2. The maximum Gasteiger partial charge on any atom is 0.157 e. The molecule has 3 aromatic heterocycles.